The minimum atomic E-state index is -0.621. The Morgan fingerprint density at radius 2 is 1.79 bits per heavy atom. The number of nitrogens with one attached hydrogen (secondary N) is 1. The van der Waals surface area contributed by atoms with Gasteiger partial charge in [0.1, 0.15) is 5.56 Å². The molecule has 1 aromatic heterocycles. The Labute approximate surface area is 167 Å². The molecule has 2 amide bonds. The van der Waals surface area contributed by atoms with Gasteiger partial charge in [0.25, 0.3) is 5.91 Å². The maximum atomic E-state index is 12.5. The molecule has 7 nitrogen and oxygen atoms in total. The van der Waals surface area contributed by atoms with Crippen LogP contribution in [0.15, 0.2) is 57.9 Å². The molecule has 0 aliphatic carbocycles. The lowest BCUT2D eigenvalue weighted by atomic mass is 10.1. The molecule has 0 aliphatic heterocycles. The zero-order chi connectivity index (χ0) is 21.0. The van der Waals surface area contributed by atoms with Crippen LogP contribution in [0.3, 0.4) is 0 Å². The van der Waals surface area contributed by atoms with Gasteiger partial charge in [0.05, 0.1) is 12.3 Å². The molecule has 7 heteroatoms. The Hall–Kier alpha value is -3.74. The van der Waals surface area contributed by atoms with Crippen LogP contribution in [0.5, 0.6) is 5.75 Å². The fourth-order valence-electron chi connectivity index (χ4n) is 2.75. The molecule has 0 bridgehead atoms. The van der Waals surface area contributed by atoms with Crippen molar-refractivity contribution >= 4 is 34.3 Å². The summed E-state index contributed by atoms with van der Waals surface area (Å²) in [6.45, 7) is 5.03. The minimum Gasteiger partial charge on any atom is -0.490 e. The van der Waals surface area contributed by atoms with Crippen molar-refractivity contribution in [2.45, 2.75) is 20.8 Å². The van der Waals surface area contributed by atoms with Crippen LogP contribution >= 0.6 is 0 Å². The number of imide groups is 1. The van der Waals surface area contributed by atoms with Crippen molar-refractivity contribution in [2.75, 3.05) is 6.61 Å². The van der Waals surface area contributed by atoms with E-state index in [1.54, 1.807) is 48.5 Å². The van der Waals surface area contributed by atoms with Crippen LogP contribution in [-0.2, 0) is 4.79 Å². The molecule has 0 spiro atoms. The molecular formula is C22H20N2O5. The maximum Gasteiger partial charge on any atom is 0.263 e. The number of fused-ring (bicyclic) bond motifs is 1. The van der Waals surface area contributed by atoms with E-state index in [0.29, 0.717) is 34.6 Å². The van der Waals surface area contributed by atoms with Crippen molar-refractivity contribution in [3.63, 3.8) is 0 Å². The second kappa shape index (κ2) is 8.52. The van der Waals surface area contributed by atoms with Crippen LogP contribution in [-0.4, -0.2) is 24.2 Å². The molecule has 148 valence electrons. The summed E-state index contributed by atoms with van der Waals surface area (Å²) in [5.41, 5.74) is 1.61. The molecule has 0 unspecified atom stereocenters. The normalized spacial score (nSPS) is 11.3. The lowest BCUT2D eigenvalue weighted by Gasteiger charge is -2.08. The smallest absolute Gasteiger partial charge is 0.263 e. The summed E-state index contributed by atoms with van der Waals surface area (Å²) in [6.07, 6.45) is 0. The number of para-hydroxylation sites is 1. The highest BCUT2D eigenvalue weighted by molar-refractivity contribution is 6.05. The minimum absolute atomic E-state index is 0.0268. The van der Waals surface area contributed by atoms with Gasteiger partial charge in [-0.3, -0.25) is 19.7 Å². The first-order valence-electron chi connectivity index (χ1n) is 9.06. The van der Waals surface area contributed by atoms with Gasteiger partial charge in [-0.1, -0.05) is 12.1 Å². The van der Waals surface area contributed by atoms with Crippen LogP contribution in [0.2, 0.25) is 0 Å². The number of amides is 2. The number of ether oxygens (including phenoxy) is 1. The number of hydrogen-bond donors (Lipinski definition) is 1. The van der Waals surface area contributed by atoms with Gasteiger partial charge >= 0.3 is 0 Å². The van der Waals surface area contributed by atoms with E-state index in [0.717, 1.165) is 0 Å². The zero-order valence-corrected chi connectivity index (χ0v) is 16.3. The summed E-state index contributed by atoms with van der Waals surface area (Å²) < 4.78 is 11.5. The van der Waals surface area contributed by atoms with Gasteiger partial charge < -0.3 is 9.15 Å². The lowest BCUT2D eigenvalue weighted by molar-refractivity contribution is -0.118. The molecule has 29 heavy (non-hydrogen) atoms. The third-order valence-corrected chi connectivity index (χ3v) is 4.08. The van der Waals surface area contributed by atoms with E-state index in [-0.39, 0.29) is 16.9 Å². The van der Waals surface area contributed by atoms with Crippen molar-refractivity contribution in [1.82, 2.24) is 5.32 Å². The first kappa shape index (κ1) is 20.0. The Balaban J connectivity index is 2.22. The van der Waals surface area contributed by atoms with Gasteiger partial charge in [-0.05, 0) is 50.2 Å². The predicted octanol–water partition coefficient (Wildman–Crippen LogP) is 3.54. The molecule has 3 aromatic rings. The SMILES string of the molecule is CCOc1cccc2cc(C(=O)NC(C)=O)c(=Nc3ccc(C(C)=O)cc3)oc12. The van der Waals surface area contributed by atoms with Crippen LogP contribution in [0.25, 0.3) is 11.0 Å². The molecule has 0 radical (unpaired) electrons. The van der Waals surface area contributed by atoms with Crippen molar-refractivity contribution < 1.29 is 23.5 Å². The van der Waals surface area contributed by atoms with E-state index in [9.17, 15) is 14.4 Å². The number of hydrogen-bond acceptors (Lipinski definition) is 6. The fraction of sp³-hybridized carbons (Fsp3) is 0.182. The van der Waals surface area contributed by atoms with Crippen LogP contribution in [0, 0.1) is 0 Å². The fourth-order valence-corrected chi connectivity index (χ4v) is 2.75. The molecule has 0 fully saturated rings. The van der Waals surface area contributed by atoms with E-state index >= 15 is 0 Å². The lowest BCUT2D eigenvalue weighted by Crippen LogP contribution is -2.32. The van der Waals surface area contributed by atoms with Gasteiger partial charge in [0, 0.05) is 17.9 Å². The van der Waals surface area contributed by atoms with Crippen LogP contribution < -0.4 is 15.6 Å². The average Bonchev–Trinajstić information content (AvgIpc) is 2.68. The largest absolute Gasteiger partial charge is 0.490 e. The van der Waals surface area contributed by atoms with Crippen molar-refractivity contribution in [2.24, 2.45) is 4.99 Å². The number of rotatable bonds is 5. The molecule has 3 rings (SSSR count). The molecule has 0 aliphatic rings. The summed E-state index contributed by atoms with van der Waals surface area (Å²) in [6, 6.07) is 13.5. The van der Waals surface area contributed by atoms with Gasteiger partial charge in [0.2, 0.25) is 11.5 Å². The maximum absolute atomic E-state index is 12.5. The van der Waals surface area contributed by atoms with Crippen LogP contribution in [0.4, 0.5) is 5.69 Å². The Morgan fingerprint density at radius 3 is 2.41 bits per heavy atom. The Bertz CT molecular complexity index is 1160. The topological polar surface area (TPSA) is 98.0 Å². The molecular weight excluding hydrogens is 372 g/mol. The monoisotopic (exact) mass is 392 g/mol. The summed E-state index contributed by atoms with van der Waals surface area (Å²) in [5.74, 6) is -0.652. The zero-order valence-electron chi connectivity index (χ0n) is 16.3. The van der Waals surface area contributed by atoms with E-state index in [1.807, 2.05) is 6.92 Å². The second-order valence-electron chi connectivity index (χ2n) is 6.30. The molecule has 0 atom stereocenters. The van der Waals surface area contributed by atoms with E-state index < -0.39 is 11.8 Å². The highest BCUT2D eigenvalue weighted by Crippen LogP contribution is 2.25. The van der Waals surface area contributed by atoms with Crippen molar-refractivity contribution in [3.05, 3.63) is 65.2 Å². The molecule has 0 saturated carbocycles. The second-order valence-corrected chi connectivity index (χ2v) is 6.30. The molecule has 2 aromatic carbocycles. The van der Waals surface area contributed by atoms with E-state index in [1.165, 1.54) is 13.8 Å². The van der Waals surface area contributed by atoms with Gasteiger partial charge in [-0.15, -0.1) is 0 Å². The number of nitrogens with zero attached hydrogens (tertiary/aromatic N) is 1. The molecule has 1 N–H and O–H groups in total. The molecule has 1 heterocycles. The molecule has 0 saturated heterocycles. The quantitative estimate of drug-likeness (QED) is 0.670. The Kier molecular flexibility index (Phi) is 5.87. The summed E-state index contributed by atoms with van der Waals surface area (Å²) in [4.78, 5) is 39.8. The van der Waals surface area contributed by atoms with Gasteiger partial charge in [0.15, 0.2) is 17.1 Å². The van der Waals surface area contributed by atoms with Crippen molar-refractivity contribution in [1.29, 1.82) is 0 Å². The average molecular weight is 392 g/mol. The van der Waals surface area contributed by atoms with Crippen LogP contribution in [0.1, 0.15) is 41.5 Å². The number of ketones is 1. The highest BCUT2D eigenvalue weighted by atomic mass is 16.5. The Morgan fingerprint density at radius 1 is 1.07 bits per heavy atom. The van der Waals surface area contributed by atoms with Gasteiger partial charge in [-0.2, -0.15) is 0 Å². The third kappa shape index (κ3) is 4.57. The highest BCUT2D eigenvalue weighted by Gasteiger charge is 2.16. The van der Waals surface area contributed by atoms with Crippen molar-refractivity contribution in [3.8, 4) is 5.75 Å². The third-order valence-electron chi connectivity index (χ3n) is 4.08. The number of carbonyl (C=O) groups is 3. The first-order valence-corrected chi connectivity index (χ1v) is 9.06. The van der Waals surface area contributed by atoms with Gasteiger partial charge in [-0.25, -0.2) is 4.99 Å². The summed E-state index contributed by atoms with van der Waals surface area (Å²) >= 11 is 0. The first-order chi connectivity index (χ1) is 13.9. The summed E-state index contributed by atoms with van der Waals surface area (Å²) in [5, 5.41) is 2.87. The standard InChI is InChI=1S/C22H20N2O5/c1-4-28-19-7-5-6-16-12-18(21(27)23-14(3)26)22(29-20(16)19)24-17-10-8-15(9-11-17)13(2)25/h5-12H,4H2,1-3H3,(H,23,26,27). The number of benzene rings is 2. The van der Waals surface area contributed by atoms with E-state index in [2.05, 4.69) is 10.3 Å². The van der Waals surface area contributed by atoms with E-state index in [4.69, 9.17) is 9.15 Å². The predicted molar refractivity (Wildman–Crippen MR) is 107 cm³/mol. The summed E-state index contributed by atoms with van der Waals surface area (Å²) in [7, 11) is 0. The number of Topliss-reactive ketones (excluding diaryl/α,β-unsaturated/α-hetero) is 1. The number of carbonyl (C=O) groups excluding carboxylic acids is 3.